The first-order valence-electron chi connectivity index (χ1n) is 7.65. The number of methoxy groups -OCH3 is 1. The number of rotatable bonds is 5. The predicted octanol–water partition coefficient (Wildman–Crippen LogP) is 4.29. The van der Waals surface area contributed by atoms with E-state index in [-0.39, 0.29) is 11.3 Å². The van der Waals surface area contributed by atoms with E-state index >= 15 is 0 Å². The number of hydrogen-bond acceptors (Lipinski definition) is 6. The third-order valence-electron chi connectivity index (χ3n) is 3.77. The van der Waals surface area contributed by atoms with Crippen molar-refractivity contribution in [2.24, 2.45) is 0 Å². The second-order valence-corrected chi connectivity index (χ2v) is 6.28. The van der Waals surface area contributed by atoms with Crippen molar-refractivity contribution in [3.05, 3.63) is 69.1 Å². The Bertz CT molecular complexity index is 984. The van der Waals surface area contributed by atoms with Crippen molar-refractivity contribution in [3.8, 4) is 17.0 Å². The molecule has 0 bridgehead atoms. The molecular formula is C18H15N3O4S. The molecule has 0 atom stereocenters. The van der Waals surface area contributed by atoms with Crippen LogP contribution in [0.3, 0.4) is 0 Å². The van der Waals surface area contributed by atoms with Crippen LogP contribution in [0.2, 0.25) is 0 Å². The Hall–Kier alpha value is -3.26. The molecule has 0 fully saturated rings. The molecule has 0 saturated carbocycles. The van der Waals surface area contributed by atoms with Crippen molar-refractivity contribution >= 4 is 28.1 Å². The lowest BCUT2D eigenvalue weighted by molar-refractivity contribution is -0.385. The van der Waals surface area contributed by atoms with Crippen molar-refractivity contribution in [1.82, 2.24) is 4.98 Å². The van der Waals surface area contributed by atoms with Crippen LogP contribution >= 0.6 is 11.3 Å². The first-order chi connectivity index (χ1) is 12.5. The summed E-state index contributed by atoms with van der Waals surface area (Å²) in [7, 11) is 1.57. The number of aryl methyl sites for hydroxylation is 1. The minimum Gasteiger partial charge on any atom is -0.496 e. The maximum Gasteiger partial charge on any atom is 0.285 e. The summed E-state index contributed by atoms with van der Waals surface area (Å²) in [6.07, 6.45) is 0. The Balaban J connectivity index is 1.88. The number of carbonyl (C=O) groups is 1. The molecule has 132 valence electrons. The number of aromatic nitrogens is 1. The summed E-state index contributed by atoms with van der Waals surface area (Å²) in [5.74, 6) is 0.103. The monoisotopic (exact) mass is 369 g/mol. The molecule has 8 heteroatoms. The Kier molecular flexibility index (Phi) is 4.94. The zero-order valence-electron chi connectivity index (χ0n) is 14.1. The maximum atomic E-state index is 12.5. The maximum absolute atomic E-state index is 12.5. The predicted molar refractivity (Wildman–Crippen MR) is 99.9 cm³/mol. The fourth-order valence-electron chi connectivity index (χ4n) is 2.56. The number of nitrogens with zero attached hydrogens (tertiary/aromatic N) is 2. The highest BCUT2D eigenvalue weighted by atomic mass is 32.1. The van der Waals surface area contributed by atoms with Gasteiger partial charge in [-0.1, -0.05) is 24.3 Å². The van der Waals surface area contributed by atoms with E-state index in [0.29, 0.717) is 22.1 Å². The largest absolute Gasteiger partial charge is 0.496 e. The van der Waals surface area contributed by atoms with E-state index in [4.69, 9.17) is 4.74 Å². The van der Waals surface area contributed by atoms with Gasteiger partial charge < -0.3 is 4.74 Å². The summed E-state index contributed by atoms with van der Waals surface area (Å²) in [5, 5.41) is 16.0. The van der Waals surface area contributed by atoms with Gasteiger partial charge in [-0.2, -0.15) is 0 Å². The first kappa shape index (κ1) is 17.6. The van der Waals surface area contributed by atoms with E-state index in [9.17, 15) is 14.9 Å². The summed E-state index contributed by atoms with van der Waals surface area (Å²) >= 11 is 1.24. The molecule has 1 heterocycles. The van der Waals surface area contributed by atoms with Crippen LogP contribution in [-0.2, 0) is 0 Å². The van der Waals surface area contributed by atoms with E-state index in [0.717, 1.165) is 5.56 Å². The third-order valence-corrected chi connectivity index (χ3v) is 4.53. The molecule has 26 heavy (non-hydrogen) atoms. The van der Waals surface area contributed by atoms with Gasteiger partial charge in [0, 0.05) is 16.5 Å². The molecule has 3 rings (SSSR count). The topological polar surface area (TPSA) is 94.4 Å². The number of ether oxygens (including phenoxy) is 1. The summed E-state index contributed by atoms with van der Waals surface area (Å²) in [5.41, 5.74) is 1.68. The second-order valence-electron chi connectivity index (χ2n) is 5.42. The average Bonchev–Trinajstić information content (AvgIpc) is 3.09. The number of carbonyl (C=O) groups excluding carboxylic acids is 1. The van der Waals surface area contributed by atoms with Crippen LogP contribution in [-0.4, -0.2) is 22.9 Å². The number of nitro benzene ring substituents is 1. The van der Waals surface area contributed by atoms with Crippen molar-refractivity contribution in [3.63, 3.8) is 0 Å². The highest BCUT2D eigenvalue weighted by Crippen LogP contribution is 2.32. The summed E-state index contributed by atoms with van der Waals surface area (Å²) < 4.78 is 5.32. The van der Waals surface area contributed by atoms with Crippen molar-refractivity contribution in [2.75, 3.05) is 12.4 Å². The number of hydrogen-bond donors (Lipinski definition) is 1. The third kappa shape index (κ3) is 3.40. The van der Waals surface area contributed by atoms with Crippen LogP contribution in [0.4, 0.5) is 10.8 Å². The van der Waals surface area contributed by atoms with Gasteiger partial charge in [-0.25, -0.2) is 4.98 Å². The number of nitrogens with one attached hydrogen (secondary N) is 1. The lowest BCUT2D eigenvalue weighted by atomic mass is 10.1. The highest BCUT2D eigenvalue weighted by Gasteiger charge is 2.23. The Morgan fingerprint density at radius 1 is 1.23 bits per heavy atom. The fourth-order valence-corrected chi connectivity index (χ4v) is 3.27. The van der Waals surface area contributed by atoms with Crippen LogP contribution < -0.4 is 10.1 Å². The van der Waals surface area contributed by atoms with Crippen molar-refractivity contribution in [2.45, 2.75) is 6.92 Å². The minimum absolute atomic E-state index is 0.00374. The van der Waals surface area contributed by atoms with E-state index < -0.39 is 10.8 Å². The number of para-hydroxylation sites is 2. The van der Waals surface area contributed by atoms with Crippen LogP contribution in [0.5, 0.6) is 5.75 Å². The molecule has 0 saturated heterocycles. The van der Waals surface area contributed by atoms with Gasteiger partial charge in [0.1, 0.15) is 11.3 Å². The normalized spacial score (nSPS) is 10.4. The molecule has 1 N–H and O–H groups in total. The Morgan fingerprint density at radius 3 is 2.73 bits per heavy atom. The van der Waals surface area contributed by atoms with Gasteiger partial charge in [0.2, 0.25) is 0 Å². The average molecular weight is 369 g/mol. The SMILES string of the molecule is COc1ccccc1-c1csc(NC(=O)c2cccc(C)c2[N+](=O)[O-])n1. The first-order valence-corrected chi connectivity index (χ1v) is 8.53. The molecule has 0 aliphatic carbocycles. The van der Waals surface area contributed by atoms with E-state index in [1.54, 1.807) is 31.5 Å². The molecule has 3 aromatic rings. The Labute approximate surface area is 153 Å². The number of anilines is 1. The van der Waals surface area contributed by atoms with Gasteiger partial charge in [0.15, 0.2) is 5.13 Å². The lowest BCUT2D eigenvalue weighted by Gasteiger charge is -2.06. The van der Waals surface area contributed by atoms with Gasteiger partial charge in [0.25, 0.3) is 11.6 Å². The van der Waals surface area contributed by atoms with Crippen molar-refractivity contribution in [1.29, 1.82) is 0 Å². The number of amides is 1. The number of benzene rings is 2. The molecule has 7 nitrogen and oxygen atoms in total. The smallest absolute Gasteiger partial charge is 0.285 e. The highest BCUT2D eigenvalue weighted by molar-refractivity contribution is 7.14. The molecule has 0 spiro atoms. The molecule has 0 aliphatic heterocycles. The molecule has 1 aromatic heterocycles. The van der Waals surface area contributed by atoms with Gasteiger partial charge in [0.05, 0.1) is 17.7 Å². The van der Waals surface area contributed by atoms with Crippen LogP contribution in [0.1, 0.15) is 15.9 Å². The van der Waals surface area contributed by atoms with E-state index in [1.807, 2.05) is 24.3 Å². The van der Waals surface area contributed by atoms with E-state index in [1.165, 1.54) is 17.4 Å². The second kappa shape index (κ2) is 7.32. The fraction of sp³-hybridized carbons (Fsp3) is 0.111. The van der Waals surface area contributed by atoms with Crippen LogP contribution in [0.15, 0.2) is 47.8 Å². The molecule has 0 unspecified atom stereocenters. The number of nitro groups is 1. The number of thiazole rings is 1. The van der Waals surface area contributed by atoms with Gasteiger partial charge in [-0.3, -0.25) is 20.2 Å². The van der Waals surface area contributed by atoms with Crippen LogP contribution in [0.25, 0.3) is 11.3 Å². The Morgan fingerprint density at radius 2 is 2.00 bits per heavy atom. The summed E-state index contributed by atoms with van der Waals surface area (Å²) in [4.78, 5) is 27.6. The molecule has 0 aliphatic rings. The summed E-state index contributed by atoms with van der Waals surface area (Å²) in [6, 6.07) is 12.0. The lowest BCUT2D eigenvalue weighted by Crippen LogP contribution is -2.14. The zero-order valence-corrected chi connectivity index (χ0v) is 14.9. The molecule has 1 amide bonds. The standard InChI is InChI=1S/C18H15N3O4S/c1-11-6-5-8-13(16(11)21(23)24)17(22)20-18-19-14(10-26-18)12-7-3-4-9-15(12)25-2/h3-10H,1-2H3,(H,19,20,22). The van der Waals surface area contributed by atoms with E-state index in [2.05, 4.69) is 10.3 Å². The van der Waals surface area contributed by atoms with Crippen molar-refractivity contribution < 1.29 is 14.5 Å². The van der Waals surface area contributed by atoms with Gasteiger partial charge in [-0.15, -0.1) is 11.3 Å². The summed E-state index contributed by atoms with van der Waals surface area (Å²) in [6.45, 7) is 1.60. The van der Waals surface area contributed by atoms with Gasteiger partial charge in [-0.05, 0) is 25.1 Å². The van der Waals surface area contributed by atoms with Crippen LogP contribution in [0, 0.1) is 17.0 Å². The minimum atomic E-state index is -0.568. The quantitative estimate of drug-likeness (QED) is 0.535. The van der Waals surface area contributed by atoms with Gasteiger partial charge >= 0.3 is 0 Å². The molecular weight excluding hydrogens is 354 g/mol. The zero-order chi connectivity index (χ0) is 18.7. The molecule has 0 radical (unpaired) electrons. The molecule has 2 aromatic carbocycles.